The van der Waals surface area contributed by atoms with E-state index in [9.17, 15) is 0 Å². The predicted molar refractivity (Wildman–Crippen MR) is 184 cm³/mol. The van der Waals surface area contributed by atoms with Crippen molar-refractivity contribution < 1.29 is 14.2 Å². The molecule has 0 radical (unpaired) electrons. The molecule has 264 valence electrons. The maximum atomic E-state index is 6.47. The van der Waals surface area contributed by atoms with Crippen LogP contribution in [0.5, 0.6) is 11.6 Å². The van der Waals surface area contributed by atoms with E-state index in [0.717, 1.165) is 49.9 Å². The molecule has 3 atom stereocenters. The van der Waals surface area contributed by atoms with Crippen molar-refractivity contribution in [2.24, 2.45) is 13.0 Å². The molecule has 2 fully saturated rings. The highest BCUT2D eigenvalue weighted by Crippen LogP contribution is 2.41. The molecule has 2 aliphatic rings. The van der Waals surface area contributed by atoms with E-state index in [4.69, 9.17) is 30.9 Å². The Labute approximate surface area is 294 Å². The fourth-order valence-electron chi connectivity index (χ4n) is 6.80. The van der Waals surface area contributed by atoms with Gasteiger partial charge in [0.15, 0.2) is 5.82 Å². The molecule has 1 unspecified atom stereocenters. The van der Waals surface area contributed by atoms with E-state index >= 15 is 0 Å². The summed E-state index contributed by atoms with van der Waals surface area (Å²) in [5.74, 6) is 2.57. The van der Waals surface area contributed by atoms with E-state index in [2.05, 4.69) is 60.2 Å². The van der Waals surface area contributed by atoms with Crippen molar-refractivity contribution >= 4 is 23.2 Å². The van der Waals surface area contributed by atoms with Gasteiger partial charge in [0.25, 0.3) is 5.88 Å². The summed E-state index contributed by atoms with van der Waals surface area (Å²) in [5, 5.41) is 31.6. The quantitative estimate of drug-likeness (QED) is 0.188. The standard InChI is InChI=1S/C33H42ClN13O3/c1-21-12-35-18-33(3,50-21)25-6-8-26(9-7-25)47-16-28(31(42-47)48-17-30-41-38-19-45(30)4)40-32-36-13-24(14-37-32)23-5-10-27(34)29(11-23)49-22(2)15-46-20-39-43-44-46/h5,10-11,13-14,16,19-22,25-26,35H,6-9,12,15,17-18H2,1-4H3,(H,36,37,40)/t21-,22?,25?,26?,33-/m1/s1. The lowest BCUT2D eigenvalue weighted by Gasteiger charge is -2.46. The summed E-state index contributed by atoms with van der Waals surface area (Å²) in [5.41, 5.74) is 2.18. The van der Waals surface area contributed by atoms with Gasteiger partial charge in [-0.2, -0.15) is 0 Å². The second kappa shape index (κ2) is 14.7. The van der Waals surface area contributed by atoms with Crippen molar-refractivity contribution in [1.82, 2.24) is 60.0 Å². The molecule has 0 spiro atoms. The van der Waals surface area contributed by atoms with Crippen LogP contribution in [0.15, 0.2) is 49.4 Å². The van der Waals surface area contributed by atoms with Crippen LogP contribution in [0.3, 0.4) is 0 Å². The van der Waals surface area contributed by atoms with Gasteiger partial charge in [-0.3, -0.25) is 4.68 Å². The molecular formula is C33H42ClN13O3. The highest BCUT2D eigenvalue weighted by atomic mass is 35.5. The van der Waals surface area contributed by atoms with Crippen LogP contribution in [-0.2, 0) is 24.9 Å². The molecule has 1 saturated carbocycles. The Morgan fingerprint density at radius 1 is 1.12 bits per heavy atom. The molecule has 50 heavy (non-hydrogen) atoms. The number of hydrogen-bond donors (Lipinski definition) is 2. The largest absolute Gasteiger partial charge is 0.487 e. The predicted octanol–water partition coefficient (Wildman–Crippen LogP) is 4.40. The van der Waals surface area contributed by atoms with Crippen molar-refractivity contribution in [3.05, 3.63) is 60.3 Å². The zero-order valence-corrected chi connectivity index (χ0v) is 29.4. The molecule has 0 bridgehead atoms. The number of nitrogens with zero attached hydrogens (tertiary/aromatic N) is 11. The summed E-state index contributed by atoms with van der Waals surface area (Å²) in [4.78, 5) is 9.23. The average molecular weight is 704 g/mol. The van der Waals surface area contributed by atoms with Crippen molar-refractivity contribution in [1.29, 1.82) is 0 Å². The lowest BCUT2D eigenvalue weighted by atomic mass is 9.75. The normalized spacial score (nSPS) is 23.0. The van der Waals surface area contributed by atoms with E-state index < -0.39 is 0 Å². The Balaban J connectivity index is 1.05. The molecule has 1 aromatic carbocycles. The van der Waals surface area contributed by atoms with Crippen LogP contribution in [0.2, 0.25) is 5.02 Å². The molecule has 7 rings (SSSR count). The maximum Gasteiger partial charge on any atom is 0.257 e. The number of benzene rings is 1. The number of nitrogens with one attached hydrogen (secondary N) is 2. The number of aromatic nitrogens is 11. The fourth-order valence-corrected chi connectivity index (χ4v) is 6.96. The molecule has 5 aromatic rings. The van der Waals surface area contributed by atoms with Crippen LogP contribution in [-0.4, -0.2) is 85.6 Å². The third kappa shape index (κ3) is 7.71. The monoisotopic (exact) mass is 703 g/mol. The van der Waals surface area contributed by atoms with Crippen molar-refractivity contribution in [3.8, 4) is 22.8 Å². The summed E-state index contributed by atoms with van der Waals surface area (Å²) in [6, 6.07) is 5.81. The van der Waals surface area contributed by atoms with Gasteiger partial charge >= 0.3 is 0 Å². The first-order valence-electron chi connectivity index (χ1n) is 16.9. The van der Waals surface area contributed by atoms with Crippen molar-refractivity contribution in [2.75, 3.05) is 18.4 Å². The number of rotatable bonds is 12. The Bertz CT molecular complexity index is 1860. The molecule has 1 saturated heterocycles. The first-order chi connectivity index (χ1) is 24.2. The Morgan fingerprint density at radius 3 is 2.66 bits per heavy atom. The van der Waals surface area contributed by atoms with Crippen LogP contribution in [0.25, 0.3) is 11.1 Å². The van der Waals surface area contributed by atoms with Crippen molar-refractivity contribution in [2.45, 2.75) is 83.5 Å². The molecule has 16 nitrogen and oxygen atoms in total. The fraction of sp³-hybridized carbons (Fsp3) is 0.515. The van der Waals surface area contributed by atoms with Gasteiger partial charge < -0.3 is 29.4 Å². The molecule has 17 heteroatoms. The number of tetrazole rings is 1. The number of hydrogen-bond acceptors (Lipinski definition) is 13. The molecule has 2 N–H and O–H groups in total. The van der Waals surface area contributed by atoms with Crippen LogP contribution in [0.1, 0.15) is 58.3 Å². The second-order valence-electron chi connectivity index (χ2n) is 13.4. The zero-order chi connectivity index (χ0) is 34.7. The molecule has 0 amide bonds. The summed E-state index contributed by atoms with van der Waals surface area (Å²) in [6.07, 6.45) is 12.8. The van der Waals surface area contributed by atoms with Gasteiger partial charge in [0.1, 0.15) is 36.8 Å². The average Bonchev–Trinajstić information content (AvgIpc) is 3.87. The van der Waals surface area contributed by atoms with Gasteiger partial charge in [-0.15, -0.1) is 20.4 Å². The number of aryl methyl sites for hydroxylation is 1. The van der Waals surface area contributed by atoms with Crippen LogP contribution < -0.4 is 20.1 Å². The van der Waals surface area contributed by atoms with Crippen molar-refractivity contribution in [3.63, 3.8) is 0 Å². The first kappa shape index (κ1) is 33.8. The first-order valence-corrected chi connectivity index (χ1v) is 17.3. The number of morpholine rings is 1. The lowest BCUT2D eigenvalue weighted by molar-refractivity contribution is -0.138. The zero-order valence-electron chi connectivity index (χ0n) is 28.6. The Hall–Kier alpha value is -4.67. The van der Waals surface area contributed by atoms with E-state index in [1.54, 1.807) is 35.8 Å². The summed E-state index contributed by atoms with van der Waals surface area (Å²) in [7, 11) is 1.88. The molecule has 5 heterocycles. The minimum atomic E-state index is -0.217. The van der Waals surface area contributed by atoms with Gasteiger partial charge in [0, 0.05) is 38.1 Å². The van der Waals surface area contributed by atoms with Crippen LogP contribution in [0.4, 0.5) is 11.6 Å². The minimum Gasteiger partial charge on any atom is -0.487 e. The highest BCUT2D eigenvalue weighted by molar-refractivity contribution is 6.32. The van der Waals surface area contributed by atoms with E-state index in [1.165, 1.54) is 0 Å². The SMILES string of the molecule is CC(Cn1cnnn1)Oc1cc(-c2cnc(Nc3cn(C4CCC([C@@]5(C)CNC[C@@H](C)O5)CC4)nc3OCc3nncn3C)nc2)ccc1Cl. The maximum absolute atomic E-state index is 6.47. The summed E-state index contributed by atoms with van der Waals surface area (Å²) in [6.45, 7) is 8.80. The summed E-state index contributed by atoms with van der Waals surface area (Å²) >= 11 is 6.47. The topological polar surface area (TPSA) is 170 Å². The van der Waals surface area contributed by atoms with E-state index in [0.29, 0.717) is 46.6 Å². The van der Waals surface area contributed by atoms with E-state index in [-0.39, 0.29) is 30.5 Å². The van der Waals surface area contributed by atoms with E-state index in [1.807, 2.05) is 41.5 Å². The Kier molecular flexibility index (Phi) is 9.92. The molecule has 1 aliphatic carbocycles. The molecular weight excluding hydrogens is 662 g/mol. The number of halogens is 1. The minimum absolute atomic E-state index is 0.150. The van der Waals surface area contributed by atoms with Gasteiger partial charge in [-0.05, 0) is 80.5 Å². The third-order valence-corrected chi connectivity index (χ3v) is 9.79. The van der Waals surface area contributed by atoms with Crippen LogP contribution in [0, 0.1) is 5.92 Å². The number of ether oxygens (including phenoxy) is 3. The van der Waals surface area contributed by atoms with Gasteiger partial charge in [-0.25, -0.2) is 14.6 Å². The summed E-state index contributed by atoms with van der Waals surface area (Å²) < 4.78 is 24.2. The van der Waals surface area contributed by atoms with Gasteiger partial charge in [0.2, 0.25) is 5.95 Å². The van der Waals surface area contributed by atoms with Crippen LogP contribution >= 0.6 is 11.6 Å². The number of anilines is 2. The highest BCUT2D eigenvalue weighted by Gasteiger charge is 2.41. The van der Waals surface area contributed by atoms with Gasteiger partial charge in [0.05, 0.1) is 35.5 Å². The Morgan fingerprint density at radius 2 is 1.94 bits per heavy atom. The van der Waals surface area contributed by atoms with Gasteiger partial charge in [-0.1, -0.05) is 17.7 Å². The smallest absolute Gasteiger partial charge is 0.257 e. The lowest BCUT2D eigenvalue weighted by Crippen LogP contribution is -2.55. The molecule has 4 aromatic heterocycles. The third-order valence-electron chi connectivity index (χ3n) is 9.48. The molecule has 1 aliphatic heterocycles. The second-order valence-corrected chi connectivity index (χ2v) is 13.8.